The van der Waals surface area contributed by atoms with Crippen LogP contribution in [0.2, 0.25) is 0 Å². The van der Waals surface area contributed by atoms with Crippen LogP contribution in [0.4, 0.5) is 17.6 Å². The Morgan fingerprint density at radius 3 is 2.59 bits per heavy atom. The molecule has 3 aliphatic heterocycles. The maximum absolute atomic E-state index is 14.0. The summed E-state index contributed by atoms with van der Waals surface area (Å²) in [5, 5.41) is 0. The Bertz CT molecular complexity index is 1200. The summed E-state index contributed by atoms with van der Waals surface area (Å²) in [7, 11) is 0. The zero-order valence-corrected chi connectivity index (χ0v) is 18.7. The molecule has 5 rings (SSSR count). The normalized spacial score (nSPS) is 18.9. The summed E-state index contributed by atoms with van der Waals surface area (Å²) in [4.78, 5) is 24.0. The van der Waals surface area contributed by atoms with Gasteiger partial charge in [0.05, 0.1) is 24.2 Å². The van der Waals surface area contributed by atoms with Gasteiger partial charge in [0.2, 0.25) is 5.96 Å². The highest BCUT2D eigenvalue weighted by Gasteiger charge is 2.41. The molecule has 0 fully saturated rings. The number of amides is 1. The van der Waals surface area contributed by atoms with Crippen LogP contribution >= 0.6 is 0 Å². The first-order valence-corrected chi connectivity index (χ1v) is 11.2. The third-order valence-electron chi connectivity index (χ3n) is 6.62. The Morgan fingerprint density at radius 2 is 1.85 bits per heavy atom. The molecule has 178 valence electrons. The topological polar surface area (TPSA) is 39.2 Å². The maximum Gasteiger partial charge on any atom is 0.419 e. The average molecular weight is 472 g/mol. The minimum atomic E-state index is -4.72. The van der Waals surface area contributed by atoms with Crippen molar-refractivity contribution in [3.8, 4) is 0 Å². The van der Waals surface area contributed by atoms with Gasteiger partial charge in [-0.2, -0.15) is 13.2 Å². The van der Waals surface area contributed by atoms with Gasteiger partial charge < -0.3 is 4.90 Å². The SMILES string of the molecule is Cc1ccccc1CN1C(=O)C2=C(CCN(Cc3ccc(C(F)(F)F)c(F)c3)C2)N2CCN=C12. The van der Waals surface area contributed by atoms with E-state index in [0.717, 1.165) is 35.5 Å². The van der Waals surface area contributed by atoms with E-state index in [2.05, 4.69) is 9.89 Å². The molecule has 3 heterocycles. The first kappa shape index (κ1) is 22.6. The van der Waals surface area contributed by atoms with Gasteiger partial charge in [-0.1, -0.05) is 30.3 Å². The zero-order chi connectivity index (χ0) is 24.0. The number of fused-ring (bicyclic) bond motifs is 2. The predicted molar refractivity (Wildman–Crippen MR) is 119 cm³/mol. The van der Waals surface area contributed by atoms with Gasteiger partial charge in [-0.05, 0) is 35.7 Å². The van der Waals surface area contributed by atoms with Crippen molar-refractivity contribution in [3.05, 3.63) is 81.8 Å². The average Bonchev–Trinajstić information content (AvgIpc) is 3.27. The second-order valence-electron chi connectivity index (χ2n) is 8.85. The van der Waals surface area contributed by atoms with Crippen LogP contribution < -0.4 is 0 Å². The number of rotatable bonds is 4. The molecule has 0 spiro atoms. The highest BCUT2D eigenvalue weighted by atomic mass is 19.4. The van der Waals surface area contributed by atoms with E-state index in [1.54, 1.807) is 4.90 Å². The summed E-state index contributed by atoms with van der Waals surface area (Å²) in [6.45, 7) is 5.00. The van der Waals surface area contributed by atoms with Gasteiger partial charge in [-0.25, -0.2) is 4.39 Å². The number of nitrogens with zero attached hydrogens (tertiary/aromatic N) is 4. The number of halogens is 4. The van der Waals surface area contributed by atoms with Gasteiger partial charge >= 0.3 is 6.18 Å². The fraction of sp³-hybridized carbons (Fsp3) is 0.360. The number of guanidine groups is 1. The van der Waals surface area contributed by atoms with E-state index in [-0.39, 0.29) is 12.5 Å². The lowest BCUT2D eigenvalue weighted by atomic mass is 9.99. The number of carbonyl (C=O) groups excluding carboxylic acids is 1. The van der Waals surface area contributed by atoms with E-state index >= 15 is 0 Å². The number of hydrogen-bond acceptors (Lipinski definition) is 4. The molecule has 3 aliphatic rings. The summed E-state index contributed by atoms with van der Waals surface area (Å²) in [5.41, 5.74) is 2.95. The quantitative estimate of drug-likeness (QED) is 0.622. The van der Waals surface area contributed by atoms with Crippen molar-refractivity contribution < 1.29 is 22.4 Å². The van der Waals surface area contributed by atoms with Crippen molar-refractivity contribution in [1.82, 2.24) is 14.7 Å². The van der Waals surface area contributed by atoms with Crippen molar-refractivity contribution in [2.75, 3.05) is 26.2 Å². The van der Waals surface area contributed by atoms with Crippen LogP contribution in [0.5, 0.6) is 0 Å². The van der Waals surface area contributed by atoms with Crippen LogP contribution in [0.3, 0.4) is 0 Å². The molecule has 34 heavy (non-hydrogen) atoms. The minimum absolute atomic E-state index is 0.0987. The monoisotopic (exact) mass is 472 g/mol. The lowest BCUT2D eigenvalue weighted by molar-refractivity contribution is -0.140. The van der Waals surface area contributed by atoms with Gasteiger partial charge in [0.1, 0.15) is 5.82 Å². The van der Waals surface area contributed by atoms with Crippen LogP contribution in [0.1, 0.15) is 28.7 Å². The maximum atomic E-state index is 14.0. The lowest BCUT2D eigenvalue weighted by Crippen LogP contribution is -2.53. The van der Waals surface area contributed by atoms with Crippen molar-refractivity contribution >= 4 is 11.9 Å². The molecular weight excluding hydrogens is 448 g/mol. The number of carbonyl (C=O) groups is 1. The Labute approximate surface area is 195 Å². The molecule has 2 aromatic rings. The Balaban J connectivity index is 1.37. The predicted octanol–water partition coefficient (Wildman–Crippen LogP) is 4.33. The van der Waals surface area contributed by atoms with Crippen molar-refractivity contribution in [3.63, 3.8) is 0 Å². The van der Waals surface area contributed by atoms with Crippen LogP contribution in [0.15, 0.2) is 58.7 Å². The van der Waals surface area contributed by atoms with Gasteiger partial charge in [0.25, 0.3) is 5.91 Å². The smallest absolute Gasteiger partial charge is 0.314 e. The molecular formula is C25H24F4N4O. The molecule has 5 nitrogen and oxygen atoms in total. The zero-order valence-electron chi connectivity index (χ0n) is 18.7. The van der Waals surface area contributed by atoms with Gasteiger partial charge in [0.15, 0.2) is 0 Å². The number of alkyl halides is 3. The molecule has 0 aliphatic carbocycles. The highest BCUT2D eigenvalue weighted by molar-refractivity contribution is 6.09. The van der Waals surface area contributed by atoms with E-state index < -0.39 is 17.6 Å². The number of aliphatic imine (C=N–C) groups is 1. The largest absolute Gasteiger partial charge is 0.419 e. The Hall–Kier alpha value is -3.20. The third kappa shape index (κ3) is 4.09. The molecule has 0 N–H and O–H groups in total. The van der Waals surface area contributed by atoms with E-state index in [4.69, 9.17) is 0 Å². The van der Waals surface area contributed by atoms with Gasteiger partial charge in [0, 0.05) is 38.3 Å². The molecule has 0 bridgehead atoms. The first-order valence-electron chi connectivity index (χ1n) is 11.2. The van der Waals surface area contributed by atoms with E-state index in [0.29, 0.717) is 49.7 Å². The molecule has 0 unspecified atom stereocenters. The van der Waals surface area contributed by atoms with Crippen LogP contribution in [-0.4, -0.2) is 52.7 Å². The highest BCUT2D eigenvalue weighted by Crippen LogP contribution is 2.34. The number of aryl methyl sites for hydroxylation is 1. The Morgan fingerprint density at radius 1 is 1.06 bits per heavy atom. The summed E-state index contributed by atoms with van der Waals surface area (Å²) in [5.74, 6) is -0.693. The Kier molecular flexibility index (Phi) is 5.67. The lowest BCUT2D eigenvalue weighted by Gasteiger charge is -2.42. The molecule has 0 saturated carbocycles. The van der Waals surface area contributed by atoms with Gasteiger partial charge in [-0.3, -0.25) is 19.6 Å². The van der Waals surface area contributed by atoms with E-state index in [1.807, 2.05) is 36.1 Å². The van der Waals surface area contributed by atoms with Gasteiger partial charge in [-0.15, -0.1) is 0 Å². The summed E-state index contributed by atoms with van der Waals surface area (Å²) < 4.78 is 52.7. The summed E-state index contributed by atoms with van der Waals surface area (Å²) in [6.07, 6.45) is -4.10. The molecule has 2 aromatic carbocycles. The van der Waals surface area contributed by atoms with E-state index in [1.165, 1.54) is 6.07 Å². The van der Waals surface area contributed by atoms with Crippen molar-refractivity contribution in [1.29, 1.82) is 0 Å². The molecule has 0 aromatic heterocycles. The summed E-state index contributed by atoms with van der Waals surface area (Å²) in [6, 6.07) is 10.9. The molecule has 9 heteroatoms. The van der Waals surface area contributed by atoms with Crippen molar-refractivity contribution in [2.24, 2.45) is 4.99 Å². The van der Waals surface area contributed by atoms with Crippen LogP contribution in [0, 0.1) is 12.7 Å². The van der Waals surface area contributed by atoms with Crippen LogP contribution in [0.25, 0.3) is 0 Å². The molecule has 0 atom stereocenters. The second kappa shape index (κ2) is 8.54. The molecule has 0 radical (unpaired) electrons. The minimum Gasteiger partial charge on any atom is -0.314 e. The summed E-state index contributed by atoms with van der Waals surface area (Å²) >= 11 is 0. The third-order valence-corrected chi connectivity index (χ3v) is 6.62. The second-order valence-corrected chi connectivity index (χ2v) is 8.85. The van der Waals surface area contributed by atoms with E-state index in [9.17, 15) is 22.4 Å². The van der Waals surface area contributed by atoms with Crippen LogP contribution in [-0.2, 0) is 24.1 Å². The van der Waals surface area contributed by atoms with Crippen molar-refractivity contribution in [2.45, 2.75) is 32.6 Å². The standard InChI is InChI=1S/C25H24F4N4O/c1-16-4-2-3-5-18(16)14-33-23(34)19-15-31(10-8-22(19)32-11-9-30-24(32)33)13-17-6-7-20(21(26)12-17)25(27,28)29/h2-7,12H,8-11,13-15H2,1H3. The molecule has 1 amide bonds. The molecule has 0 saturated heterocycles. The fourth-order valence-corrected chi connectivity index (χ4v) is 4.85. The fourth-order valence-electron chi connectivity index (χ4n) is 4.85. The number of hydrogen-bond donors (Lipinski definition) is 0. The first-order chi connectivity index (χ1) is 16.2. The number of benzene rings is 2.